The molecule has 0 atom stereocenters. The summed E-state index contributed by atoms with van der Waals surface area (Å²) in [7, 11) is 0. The molecule has 2 heterocycles. The van der Waals surface area contributed by atoms with Gasteiger partial charge in [-0.3, -0.25) is 9.97 Å². The fraction of sp³-hybridized carbons (Fsp3) is 0.176. The van der Waals surface area contributed by atoms with Crippen molar-refractivity contribution in [2.24, 2.45) is 0 Å². The molecule has 3 rings (SSSR count). The lowest BCUT2D eigenvalue weighted by Crippen LogP contribution is -2.05. The molecule has 4 nitrogen and oxygen atoms in total. The molecule has 0 radical (unpaired) electrons. The zero-order valence-corrected chi connectivity index (χ0v) is 12.0. The van der Waals surface area contributed by atoms with E-state index in [0.717, 1.165) is 28.7 Å². The average Bonchev–Trinajstić information content (AvgIpc) is 2.53. The molecule has 3 aromatic rings. The maximum absolute atomic E-state index is 5.98. The third kappa shape index (κ3) is 2.65. The van der Waals surface area contributed by atoms with E-state index in [-0.39, 0.29) is 0 Å². The predicted octanol–water partition coefficient (Wildman–Crippen LogP) is 3.39. The number of pyridine rings is 2. The number of benzene rings is 1. The molecule has 21 heavy (non-hydrogen) atoms. The Balaban J connectivity index is 1.91. The van der Waals surface area contributed by atoms with Crippen molar-refractivity contribution in [2.45, 2.75) is 19.9 Å². The Morgan fingerprint density at radius 2 is 1.95 bits per heavy atom. The number of nitrogens with one attached hydrogen (secondary N) is 1. The molecule has 0 amide bonds. The standard InChI is InChI=1S/C17H18N4/c1-2-12-5-4-9-19-16(12)11-21-15-8-10-20-17-13(15)6-3-7-14(17)18/h3-10H,2,11,18H2,1H3,(H,20,21). The third-order valence-electron chi connectivity index (χ3n) is 3.61. The Labute approximate surface area is 124 Å². The summed E-state index contributed by atoms with van der Waals surface area (Å²) < 4.78 is 0. The highest BCUT2D eigenvalue weighted by atomic mass is 14.9. The van der Waals surface area contributed by atoms with Crippen molar-refractivity contribution in [1.29, 1.82) is 0 Å². The molecule has 1 aromatic carbocycles. The second-order valence-electron chi connectivity index (χ2n) is 4.92. The number of hydrogen-bond donors (Lipinski definition) is 2. The van der Waals surface area contributed by atoms with Crippen molar-refractivity contribution in [3.8, 4) is 0 Å². The number of anilines is 2. The van der Waals surface area contributed by atoms with Gasteiger partial charge in [0.2, 0.25) is 0 Å². The molecule has 0 fully saturated rings. The smallest absolute Gasteiger partial charge is 0.0951 e. The maximum Gasteiger partial charge on any atom is 0.0951 e. The lowest BCUT2D eigenvalue weighted by atomic mass is 10.1. The van der Waals surface area contributed by atoms with Crippen molar-refractivity contribution < 1.29 is 0 Å². The fourth-order valence-electron chi connectivity index (χ4n) is 2.48. The highest BCUT2D eigenvalue weighted by Gasteiger charge is 2.06. The Bertz CT molecular complexity index is 768. The zero-order chi connectivity index (χ0) is 14.7. The van der Waals surface area contributed by atoms with E-state index < -0.39 is 0 Å². The summed E-state index contributed by atoms with van der Waals surface area (Å²) in [5, 5.41) is 4.48. The summed E-state index contributed by atoms with van der Waals surface area (Å²) in [5.74, 6) is 0. The molecule has 2 aromatic heterocycles. The molecule has 4 heteroatoms. The van der Waals surface area contributed by atoms with E-state index in [9.17, 15) is 0 Å². The van der Waals surface area contributed by atoms with Crippen LogP contribution in [-0.4, -0.2) is 9.97 Å². The van der Waals surface area contributed by atoms with Gasteiger partial charge in [-0.2, -0.15) is 0 Å². The highest BCUT2D eigenvalue weighted by Crippen LogP contribution is 2.25. The van der Waals surface area contributed by atoms with Gasteiger partial charge in [-0.25, -0.2) is 0 Å². The number of nitrogen functional groups attached to an aromatic ring is 1. The van der Waals surface area contributed by atoms with E-state index in [0.29, 0.717) is 12.2 Å². The van der Waals surface area contributed by atoms with E-state index in [1.807, 2.05) is 36.5 Å². The van der Waals surface area contributed by atoms with E-state index in [4.69, 9.17) is 5.73 Å². The van der Waals surface area contributed by atoms with Gasteiger partial charge >= 0.3 is 0 Å². The first-order valence-corrected chi connectivity index (χ1v) is 7.09. The van der Waals surface area contributed by atoms with Crippen LogP contribution in [0, 0.1) is 0 Å². The minimum Gasteiger partial charge on any atom is -0.397 e. The van der Waals surface area contributed by atoms with E-state index >= 15 is 0 Å². The van der Waals surface area contributed by atoms with Crippen molar-refractivity contribution >= 4 is 22.3 Å². The monoisotopic (exact) mass is 278 g/mol. The minimum absolute atomic E-state index is 0.692. The van der Waals surface area contributed by atoms with Crippen LogP contribution < -0.4 is 11.1 Å². The molecule has 0 aliphatic heterocycles. The van der Waals surface area contributed by atoms with Gasteiger partial charge in [0.15, 0.2) is 0 Å². The van der Waals surface area contributed by atoms with Crippen LogP contribution in [0.1, 0.15) is 18.2 Å². The van der Waals surface area contributed by atoms with Crippen LogP contribution >= 0.6 is 0 Å². The number of nitrogens with zero attached hydrogens (tertiary/aromatic N) is 2. The van der Waals surface area contributed by atoms with Gasteiger partial charge in [0.1, 0.15) is 0 Å². The quantitative estimate of drug-likeness (QED) is 0.718. The Kier molecular flexibility index (Phi) is 3.69. The van der Waals surface area contributed by atoms with Gasteiger partial charge in [-0.15, -0.1) is 0 Å². The van der Waals surface area contributed by atoms with Crippen LogP contribution in [0.25, 0.3) is 10.9 Å². The van der Waals surface area contributed by atoms with Crippen LogP contribution in [0.15, 0.2) is 48.8 Å². The number of hydrogen-bond acceptors (Lipinski definition) is 4. The van der Waals surface area contributed by atoms with Gasteiger partial charge in [-0.1, -0.05) is 25.1 Å². The first-order valence-electron chi connectivity index (χ1n) is 7.09. The summed E-state index contributed by atoms with van der Waals surface area (Å²) in [4.78, 5) is 8.81. The summed E-state index contributed by atoms with van der Waals surface area (Å²) in [6, 6.07) is 11.9. The van der Waals surface area contributed by atoms with Crippen LogP contribution in [0.4, 0.5) is 11.4 Å². The average molecular weight is 278 g/mol. The van der Waals surface area contributed by atoms with Crippen molar-refractivity contribution in [3.63, 3.8) is 0 Å². The summed E-state index contributed by atoms with van der Waals surface area (Å²) >= 11 is 0. The molecule has 106 valence electrons. The maximum atomic E-state index is 5.98. The van der Waals surface area contributed by atoms with E-state index in [1.165, 1.54) is 5.56 Å². The van der Waals surface area contributed by atoms with Crippen LogP contribution in [0.5, 0.6) is 0 Å². The number of aryl methyl sites for hydroxylation is 1. The van der Waals surface area contributed by atoms with Crippen LogP contribution in [-0.2, 0) is 13.0 Å². The van der Waals surface area contributed by atoms with Gasteiger partial charge in [0.25, 0.3) is 0 Å². The number of rotatable bonds is 4. The molecule has 0 aliphatic carbocycles. The summed E-state index contributed by atoms with van der Waals surface area (Å²) in [6.45, 7) is 2.83. The lowest BCUT2D eigenvalue weighted by Gasteiger charge is -2.12. The number of fused-ring (bicyclic) bond motifs is 1. The highest BCUT2D eigenvalue weighted by molar-refractivity contribution is 5.97. The van der Waals surface area contributed by atoms with Gasteiger partial charge in [-0.05, 0) is 30.2 Å². The van der Waals surface area contributed by atoms with Gasteiger partial charge < -0.3 is 11.1 Å². The zero-order valence-electron chi connectivity index (χ0n) is 12.0. The Morgan fingerprint density at radius 1 is 1.05 bits per heavy atom. The lowest BCUT2D eigenvalue weighted by molar-refractivity contribution is 0.973. The summed E-state index contributed by atoms with van der Waals surface area (Å²) in [5.41, 5.74) is 10.9. The van der Waals surface area contributed by atoms with Crippen molar-refractivity contribution in [2.75, 3.05) is 11.1 Å². The second kappa shape index (κ2) is 5.79. The molecule has 3 N–H and O–H groups in total. The van der Waals surface area contributed by atoms with Gasteiger partial charge in [0.05, 0.1) is 23.4 Å². The molecule has 0 saturated carbocycles. The summed E-state index contributed by atoms with van der Waals surface area (Å²) in [6.07, 6.45) is 4.59. The van der Waals surface area contributed by atoms with Crippen molar-refractivity contribution in [1.82, 2.24) is 9.97 Å². The predicted molar refractivity (Wildman–Crippen MR) is 87.1 cm³/mol. The number of nitrogens with two attached hydrogens (primary N) is 1. The fourth-order valence-corrected chi connectivity index (χ4v) is 2.48. The number of aromatic nitrogens is 2. The second-order valence-corrected chi connectivity index (χ2v) is 4.92. The van der Waals surface area contributed by atoms with Crippen LogP contribution in [0.2, 0.25) is 0 Å². The molecule has 0 bridgehead atoms. The minimum atomic E-state index is 0.692. The molecule has 0 unspecified atom stereocenters. The molecular weight excluding hydrogens is 260 g/mol. The first-order chi connectivity index (χ1) is 10.3. The van der Waals surface area contributed by atoms with Crippen LogP contribution in [0.3, 0.4) is 0 Å². The molecule has 0 aliphatic rings. The molecular formula is C17H18N4. The van der Waals surface area contributed by atoms with Crippen molar-refractivity contribution in [3.05, 3.63) is 60.0 Å². The SMILES string of the molecule is CCc1cccnc1CNc1ccnc2c(N)cccc12. The third-order valence-corrected chi connectivity index (χ3v) is 3.61. The largest absolute Gasteiger partial charge is 0.397 e. The topological polar surface area (TPSA) is 63.8 Å². The Morgan fingerprint density at radius 3 is 2.81 bits per heavy atom. The van der Waals surface area contributed by atoms with E-state index in [2.05, 4.69) is 28.3 Å². The van der Waals surface area contributed by atoms with E-state index in [1.54, 1.807) is 6.20 Å². The Hall–Kier alpha value is -2.62. The normalized spacial score (nSPS) is 10.7. The van der Waals surface area contributed by atoms with Gasteiger partial charge in [0, 0.05) is 23.5 Å². The first kappa shape index (κ1) is 13.4. The molecule has 0 saturated heterocycles. The number of para-hydroxylation sites is 1. The molecule has 0 spiro atoms.